The fourth-order valence-corrected chi connectivity index (χ4v) is 1.91. The lowest BCUT2D eigenvalue weighted by atomic mass is 9.88. The molecule has 0 atom stereocenters. The summed E-state index contributed by atoms with van der Waals surface area (Å²) in [6.07, 6.45) is 3.27. The van der Waals surface area contributed by atoms with Crippen molar-refractivity contribution in [2.45, 2.75) is 26.2 Å². The zero-order valence-electron chi connectivity index (χ0n) is 11.4. The van der Waals surface area contributed by atoms with Crippen molar-refractivity contribution in [3.63, 3.8) is 0 Å². The summed E-state index contributed by atoms with van der Waals surface area (Å²) in [5.41, 5.74) is 0.954. The molecule has 0 fully saturated rings. The fourth-order valence-electron chi connectivity index (χ4n) is 1.91. The summed E-state index contributed by atoms with van der Waals surface area (Å²) in [7, 11) is 1.31. The number of hydrogen-bond acceptors (Lipinski definition) is 3. The molecule has 5 heteroatoms. The Hall–Kier alpha value is -2.17. The molecule has 0 saturated carbocycles. The normalized spacial score (nSPS) is 16.5. The van der Waals surface area contributed by atoms with Crippen LogP contribution in [0.25, 0.3) is 5.70 Å². The van der Waals surface area contributed by atoms with Gasteiger partial charge in [-0.1, -0.05) is 20.8 Å². The van der Waals surface area contributed by atoms with Gasteiger partial charge in [-0.05, 0) is 11.0 Å². The van der Waals surface area contributed by atoms with Crippen molar-refractivity contribution in [3.05, 3.63) is 35.8 Å². The standard InChI is InChI=1S/C14H16N2O3/c1-14(2,3)9-5-7-16(8-6-9)10-11(17)13(19)15(4)12(10)18/h5-8H,1-4H3. The molecular weight excluding hydrogens is 244 g/mol. The Labute approximate surface area is 111 Å². The number of imide groups is 1. The van der Waals surface area contributed by atoms with Crippen LogP contribution in [0.15, 0.2) is 30.3 Å². The first-order valence-corrected chi connectivity index (χ1v) is 5.99. The number of carbonyl (C=O) groups is 2. The van der Waals surface area contributed by atoms with Gasteiger partial charge >= 0.3 is 5.91 Å². The van der Waals surface area contributed by atoms with Gasteiger partial charge in [0.25, 0.3) is 11.6 Å². The summed E-state index contributed by atoms with van der Waals surface area (Å²) >= 11 is 0. The van der Waals surface area contributed by atoms with Crippen LogP contribution in [0.2, 0.25) is 0 Å². The Kier molecular flexibility index (Phi) is 2.92. The highest BCUT2D eigenvalue weighted by Crippen LogP contribution is 2.21. The molecule has 0 saturated heterocycles. The van der Waals surface area contributed by atoms with Crippen LogP contribution in [0.5, 0.6) is 0 Å². The Balaban J connectivity index is 2.44. The van der Waals surface area contributed by atoms with Gasteiger partial charge < -0.3 is 5.11 Å². The molecule has 2 heterocycles. The van der Waals surface area contributed by atoms with E-state index >= 15 is 0 Å². The van der Waals surface area contributed by atoms with E-state index in [1.807, 2.05) is 12.1 Å². The maximum absolute atomic E-state index is 11.8. The molecule has 0 unspecified atom stereocenters. The monoisotopic (exact) mass is 260 g/mol. The van der Waals surface area contributed by atoms with Crippen molar-refractivity contribution >= 4 is 17.5 Å². The van der Waals surface area contributed by atoms with Crippen molar-refractivity contribution in [1.82, 2.24) is 4.90 Å². The average molecular weight is 260 g/mol. The predicted octanol–water partition coefficient (Wildman–Crippen LogP) is -0.201. The van der Waals surface area contributed by atoms with Crippen LogP contribution in [-0.4, -0.2) is 23.8 Å². The van der Waals surface area contributed by atoms with E-state index in [1.165, 1.54) is 11.6 Å². The minimum atomic E-state index is -0.785. The second kappa shape index (κ2) is 4.19. The highest BCUT2D eigenvalue weighted by atomic mass is 16.3. The molecule has 0 N–H and O–H groups in total. The highest BCUT2D eigenvalue weighted by molar-refractivity contribution is 6.28. The van der Waals surface area contributed by atoms with E-state index < -0.39 is 17.6 Å². The van der Waals surface area contributed by atoms with Gasteiger partial charge in [0.05, 0.1) is 0 Å². The third-order valence-electron chi connectivity index (χ3n) is 3.17. The van der Waals surface area contributed by atoms with Gasteiger partial charge in [0.1, 0.15) is 0 Å². The Morgan fingerprint density at radius 3 is 2.00 bits per heavy atom. The number of likely N-dealkylation sites (N-methyl/N-ethyl adjacent to an activating group) is 1. The van der Waals surface area contributed by atoms with Crippen LogP contribution < -0.4 is 9.67 Å². The smallest absolute Gasteiger partial charge is 0.325 e. The molecule has 0 radical (unpaired) electrons. The average Bonchev–Trinajstić information content (AvgIpc) is 2.53. The van der Waals surface area contributed by atoms with Gasteiger partial charge in [-0.2, -0.15) is 4.57 Å². The van der Waals surface area contributed by atoms with Crippen LogP contribution >= 0.6 is 0 Å². The van der Waals surface area contributed by atoms with Gasteiger partial charge in [0.15, 0.2) is 12.4 Å². The Morgan fingerprint density at radius 1 is 1.11 bits per heavy atom. The minimum Gasteiger partial charge on any atom is -0.864 e. The molecule has 0 spiro atoms. The first-order valence-electron chi connectivity index (χ1n) is 5.99. The van der Waals surface area contributed by atoms with Crippen LogP contribution in [0, 0.1) is 0 Å². The Morgan fingerprint density at radius 2 is 1.63 bits per heavy atom. The number of nitrogens with zero attached hydrogens (tertiary/aromatic N) is 2. The number of aromatic nitrogens is 1. The van der Waals surface area contributed by atoms with E-state index in [4.69, 9.17) is 0 Å². The molecule has 1 aromatic rings. The predicted molar refractivity (Wildman–Crippen MR) is 66.3 cm³/mol. The number of carbonyl (C=O) groups excluding carboxylic acids is 2. The minimum absolute atomic E-state index is 0.0138. The van der Waals surface area contributed by atoms with Gasteiger partial charge in [-0.3, -0.25) is 14.5 Å². The molecule has 2 rings (SSSR count). The first kappa shape index (κ1) is 13.3. The summed E-state index contributed by atoms with van der Waals surface area (Å²) in [4.78, 5) is 24.1. The summed E-state index contributed by atoms with van der Waals surface area (Å²) < 4.78 is 1.40. The lowest BCUT2D eigenvalue weighted by Crippen LogP contribution is -2.38. The van der Waals surface area contributed by atoms with Crippen LogP contribution in [0.3, 0.4) is 0 Å². The third kappa shape index (κ3) is 2.12. The number of pyridine rings is 1. The van der Waals surface area contributed by atoms with Crippen molar-refractivity contribution < 1.29 is 19.3 Å². The molecule has 5 nitrogen and oxygen atoms in total. The van der Waals surface area contributed by atoms with Gasteiger partial charge in [0.2, 0.25) is 0 Å². The van der Waals surface area contributed by atoms with E-state index in [9.17, 15) is 14.7 Å². The van der Waals surface area contributed by atoms with Crippen molar-refractivity contribution in [3.8, 4) is 0 Å². The molecule has 1 aliphatic rings. The second-order valence-electron chi connectivity index (χ2n) is 5.59. The van der Waals surface area contributed by atoms with Crippen LogP contribution in [-0.2, 0) is 15.0 Å². The van der Waals surface area contributed by atoms with Gasteiger partial charge in [0, 0.05) is 24.9 Å². The maximum Gasteiger partial charge on any atom is 0.325 e. The quantitative estimate of drug-likeness (QED) is 0.519. The van der Waals surface area contributed by atoms with Crippen LogP contribution in [0.4, 0.5) is 0 Å². The van der Waals surface area contributed by atoms with E-state index in [0.29, 0.717) is 0 Å². The molecule has 1 aromatic heterocycles. The molecule has 0 aromatic carbocycles. The molecular formula is C14H16N2O3. The Bertz CT molecular complexity index is 580. The molecule has 0 bridgehead atoms. The molecule has 2 amide bonds. The largest absolute Gasteiger partial charge is 0.864 e. The third-order valence-corrected chi connectivity index (χ3v) is 3.17. The fraction of sp³-hybridized carbons (Fsp3) is 0.357. The summed E-state index contributed by atoms with van der Waals surface area (Å²) in [6.45, 7) is 6.22. The first-order chi connectivity index (χ1) is 8.73. The lowest BCUT2D eigenvalue weighted by molar-refractivity contribution is -0.581. The van der Waals surface area contributed by atoms with E-state index in [-0.39, 0.29) is 11.1 Å². The van der Waals surface area contributed by atoms with Crippen molar-refractivity contribution in [1.29, 1.82) is 0 Å². The summed E-state index contributed by atoms with van der Waals surface area (Å²) in [5.74, 6) is -2.11. The van der Waals surface area contributed by atoms with Gasteiger partial charge in [-0.15, -0.1) is 0 Å². The van der Waals surface area contributed by atoms with Crippen molar-refractivity contribution in [2.75, 3.05) is 7.05 Å². The molecule has 0 aliphatic carbocycles. The molecule has 100 valence electrons. The lowest BCUT2D eigenvalue weighted by Gasteiger charge is -2.17. The number of amides is 2. The molecule has 19 heavy (non-hydrogen) atoms. The van der Waals surface area contributed by atoms with E-state index in [2.05, 4.69) is 20.8 Å². The topological polar surface area (TPSA) is 64.3 Å². The SMILES string of the molecule is CN1C(=O)C([O-])=C([n+]2ccc(C(C)(C)C)cc2)C1=O. The van der Waals surface area contributed by atoms with E-state index in [0.717, 1.165) is 10.5 Å². The van der Waals surface area contributed by atoms with Crippen LogP contribution in [0.1, 0.15) is 26.3 Å². The second-order valence-corrected chi connectivity index (χ2v) is 5.59. The van der Waals surface area contributed by atoms with E-state index in [1.54, 1.807) is 12.4 Å². The molecule has 1 aliphatic heterocycles. The maximum atomic E-state index is 11.8. The zero-order chi connectivity index (χ0) is 14.4. The highest BCUT2D eigenvalue weighted by Gasteiger charge is 2.37. The number of hydrogen-bond donors (Lipinski definition) is 0. The zero-order valence-corrected chi connectivity index (χ0v) is 11.4. The summed E-state index contributed by atoms with van der Waals surface area (Å²) in [6, 6.07) is 3.69. The summed E-state index contributed by atoms with van der Waals surface area (Å²) in [5, 5.41) is 11.7. The number of rotatable bonds is 1. The van der Waals surface area contributed by atoms with Crippen molar-refractivity contribution in [2.24, 2.45) is 0 Å². The van der Waals surface area contributed by atoms with Gasteiger partial charge in [-0.25, -0.2) is 0 Å².